The number of hydrogen-bond donors (Lipinski definition) is 2. The van der Waals surface area contributed by atoms with Crippen LogP contribution in [-0.4, -0.2) is 17.0 Å². The SMILES string of the molecule is CN(Cc1ccsc1)c1ncnc(NN)c1Br. The minimum Gasteiger partial charge on any atom is -0.354 e. The lowest BCUT2D eigenvalue weighted by atomic mass is 10.3. The third-order valence-corrected chi connectivity index (χ3v) is 3.73. The largest absolute Gasteiger partial charge is 0.354 e. The fourth-order valence-electron chi connectivity index (χ4n) is 1.46. The van der Waals surface area contributed by atoms with Gasteiger partial charge in [-0.2, -0.15) is 11.3 Å². The molecule has 0 atom stereocenters. The molecule has 0 spiro atoms. The number of nitrogens with two attached hydrogens (primary N) is 1. The summed E-state index contributed by atoms with van der Waals surface area (Å²) in [6.07, 6.45) is 1.49. The third-order valence-electron chi connectivity index (χ3n) is 2.27. The molecule has 90 valence electrons. The van der Waals surface area contributed by atoms with Gasteiger partial charge in [-0.05, 0) is 38.3 Å². The van der Waals surface area contributed by atoms with Crippen LogP contribution in [-0.2, 0) is 6.54 Å². The van der Waals surface area contributed by atoms with Crippen molar-refractivity contribution in [2.24, 2.45) is 5.84 Å². The molecule has 0 radical (unpaired) electrons. The van der Waals surface area contributed by atoms with E-state index >= 15 is 0 Å². The zero-order valence-electron chi connectivity index (χ0n) is 9.22. The molecular formula is C10H12BrN5S. The van der Waals surface area contributed by atoms with Crippen molar-refractivity contribution < 1.29 is 0 Å². The lowest BCUT2D eigenvalue weighted by Gasteiger charge is -2.19. The van der Waals surface area contributed by atoms with E-state index in [4.69, 9.17) is 5.84 Å². The number of hydrazine groups is 1. The highest BCUT2D eigenvalue weighted by Gasteiger charge is 2.12. The highest BCUT2D eigenvalue weighted by Crippen LogP contribution is 2.29. The van der Waals surface area contributed by atoms with Gasteiger partial charge in [-0.3, -0.25) is 0 Å². The molecule has 0 aliphatic rings. The number of rotatable bonds is 4. The van der Waals surface area contributed by atoms with Crippen LogP contribution in [0.25, 0.3) is 0 Å². The average molecular weight is 314 g/mol. The van der Waals surface area contributed by atoms with Gasteiger partial charge in [0.15, 0.2) is 5.82 Å². The Morgan fingerprint density at radius 1 is 1.53 bits per heavy atom. The molecule has 0 aromatic carbocycles. The summed E-state index contributed by atoms with van der Waals surface area (Å²) in [5.41, 5.74) is 3.78. The number of aromatic nitrogens is 2. The molecule has 2 aromatic heterocycles. The van der Waals surface area contributed by atoms with E-state index in [-0.39, 0.29) is 0 Å². The normalized spacial score (nSPS) is 10.3. The highest BCUT2D eigenvalue weighted by atomic mass is 79.9. The molecule has 7 heteroatoms. The molecule has 5 nitrogen and oxygen atoms in total. The Bertz CT molecular complexity index is 487. The smallest absolute Gasteiger partial charge is 0.159 e. The number of nitrogen functional groups attached to an aromatic ring is 1. The van der Waals surface area contributed by atoms with Crippen molar-refractivity contribution in [1.29, 1.82) is 0 Å². The first-order chi connectivity index (χ1) is 8.22. The van der Waals surface area contributed by atoms with Gasteiger partial charge in [0.1, 0.15) is 16.6 Å². The summed E-state index contributed by atoms with van der Waals surface area (Å²) in [4.78, 5) is 10.3. The van der Waals surface area contributed by atoms with Gasteiger partial charge in [-0.25, -0.2) is 15.8 Å². The molecule has 0 saturated carbocycles. The summed E-state index contributed by atoms with van der Waals surface area (Å²) in [5.74, 6) is 6.75. The topological polar surface area (TPSA) is 67.1 Å². The standard InChI is InChI=1S/C10H12BrN5S/c1-16(4-7-2-3-17-5-7)10-8(11)9(15-12)13-6-14-10/h2-3,5-6H,4,12H2,1H3,(H,13,14,15). The maximum Gasteiger partial charge on any atom is 0.159 e. The Kier molecular flexibility index (Phi) is 3.93. The van der Waals surface area contributed by atoms with Gasteiger partial charge in [0.25, 0.3) is 0 Å². The van der Waals surface area contributed by atoms with E-state index in [9.17, 15) is 0 Å². The molecule has 2 aromatic rings. The van der Waals surface area contributed by atoms with Crippen LogP contribution in [0.15, 0.2) is 27.6 Å². The molecule has 0 aliphatic carbocycles. The molecule has 2 heterocycles. The Labute approximate surface area is 112 Å². The summed E-state index contributed by atoms with van der Waals surface area (Å²) >= 11 is 5.12. The van der Waals surface area contributed by atoms with Crippen molar-refractivity contribution >= 4 is 38.9 Å². The number of nitrogens with zero attached hydrogens (tertiary/aromatic N) is 3. The number of anilines is 2. The Morgan fingerprint density at radius 2 is 2.35 bits per heavy atom. The second-order valence-electron chi connectivity index (χ2n) is 3.49. The minimum absolute atomic E-state index is 0.576. The Balaban J connectivity index is 2.22. The van der Waals surface area contributed by atoms with E-state index in [0.717, 1.165) is 16.8 Å². The van der Waals surface area contributed by atoms with E-state index in [1.807, 2.05) is 11.9 Å². The van der Waals surface area contributed by atoms with Gasteiger partial charge in [-0.15, -0.1) is 0 Å². The summed E-state index contributed by atoms with van der Waals surface area (Å²) in [6.45, 7) is 0.795. The molecule has 17 heavy (non-hydrogen) atoms. The Hall–Kier alpha value is -1.18. The van der Waals surface area contributed by atoms with Crippen LogP contribution in [0.2, 0.25) is 0 Å². The van der Waals surface area contributed by atoms with Crippen LogP contribution in [0, 0.1) is 0 Å². The lowest BCUT2D eigenvalue weighted by Crippen LogP contribution is -2.19. The zero-order chi connectivity index (χ0) is 12.3. The molecule has 0 bridgehead atoms. The van der Waals surface area contributed by atoms with E-state index in [1.54, 1.807) is 11.3 Å². The zero-order valence-corrected chi connectivity index (χ0v) is 11.6. The van der Waals surface area contributed by atoms with Gasteiger partial charge >= 0.3 is 0 Å². The molecule has 0 fully saturated rings. The van der Waals surface area contributed by atoms with Crippen molar-refractivity contribution in [3.05, 3.63) is 33.2 Å². The summed E-state index contributed by atoms with van der Waals surface area (Å²) in [6, 6.07) is 2.10. The number of hydrogen-bond acceptors (Lipinski definition) is 6. The van der Waals surface area contributed by atoms with Gasteiger partial charge < -0.3 is 10.3 Å². The fraction of sp³-hybridized carbons (Fsp3) is 0.200. The molecular weight excluding hydrogens is 302 g/mol. The molecule has 2 rings (SSSR count). The first kappa shape index (κ1) is 12.3. The third kappa shape index (κ3) is 2.74. The van der Waals surface area contributed by atoms with Crippen LogP contribution < -0.4 is 16.2 Å². The summed E-state index contributed by atoms with van der Waals surface area (Å²) in [5, 5.41) is 4.18. The maximum absolute atomic E-state index is 5.37. The van der Waals surface area contributed by atoms with Crippen LogP contribution in [0.5, 0.6) is 0 Å². The monoisotopic (exact) mass is 313 g/mol. The average Bonchev–Trinajstić information content (AvgIpc) is 2.82. The molecule has 0 amide bonds. The van der Waals surface area contributed by atoms with E-state index in [0.29, 0.717) is 5.82 Å². The van der Waals surface area contributed by atoms with Gasteiger partial charge in [-0.1, -0.05) is 0 Å². The van der Waals surface area contributed by atoms with Crippen LogP contribution >= 0.6 is 27.3 Å². The maximum atomic E-state index is 5.37. The second kappa shape index (κ2) is 5.44. The van der Waals surface area contributed by atoms with Crippen molar-refractivity contribution in [1.82, 2.24) is 9.97 Å². The van der Waals surface area contributed by atoms with Gasteiger partial charge in [0.05, 0.1) is 0 Å². The lowest BCUT2D eigenvalue weighted by molar-refractivity contribution is 0.889. The predicted molar refractivity (Wildman–Crippen MR) is 74.0 cm³/mol. The predicted octanol–water partition coefficient (Wildman–Crippen LogP) is 2.22. The minimum atomic E-state index is 0.576. The molecule has 0 saturated heterocycles. The second-order valence-corrected chi connectivity index (χ2v) is 5.06. The van der Waals surface area contributed by atoms with E-state index in [2.05, 4.69) is 48.2 Å². The molecule has 0 aliphatic heterocycles. The number of nitrogens with one attached hydrogen (secondary N) is 1. The van der Waals surface area contributed by atoms with E-state index in [1.165, 1.54) is 11.9 Å². The van der Waals surface area contributed by atoms with Crippen molar-refractivity contribution in [3.63, 3.8) is 0 Å². The summed E-state index contributed by atoms with van der Waals surface area (Å²) in [7, 11) is 1.98. The fourth-order valence-corrected chi connectivity index (χ4v) is 2.74. The first-order valence-electron chi connectivity index (χ1n) is 4.91. The van der Waals surface area contributed by atoms with Crippen molar-refractivity contribution in [2.45, 2.75) is 6.54 Å². The van der Waals surface area contributed by atoms with Crippen LogP contribution in [0.3, 0.4) is 0 Å². The van der Waals surface area contributed by atoms with E-state index < -0.39 is 0 Å². The molecule has 0 unspecified atom stereocenters. The van der Waals surface area contributed by atoms with Crippen LogP contribution in [0.4, 0.5) is 11.6 Å². The number of halogens is 1. The van der Waals surface area contributed by atoms with Crippen LogP contribution in [0.1, 0.15) is 5.56 Å². The highest BCUT2D eigenvalue weighted by molar-refractivity contribution is 9.10. The van der Waals surface area contributed by atoms with Crippen molar-refractivity contribution in [3.8, 4) is 0 Å². The quantitative estimate of drug-likeness (QED) is 0.669. The van der Waals surface area contributed by atoms with Gasteiger partial charge in [0.2, 0.25) is 0 Å². The summed E-state index contributed by atoms with van der Waals surface area (Å²) < 4.78 is 0.764. The molecule has 3 N–H and O–H groups in total. The number of thiophene rings is 1. The van der Waals surface area contributed by atoms with Crippen molar-refractivity contribution in [2.75, 3.05) is 17.4 Å². The first-order valence-corrected chi connectivity index (χ1v) is 6.65. The van der Waals surface area contributed by atoms with Gasteiger partial charge in [0, 0.05) is 13.6 Å². The Morgan fingerprint density at radius 3 is 3.00 bits per heavy atom.